The molecule has 0 aliphatic carbocycles. The van der Waals surface area contributed by atoms with Crippen molar-refractivity contribution in [3.05, 3.63) is 34.9 Å². The van der Waals surface area contributed by atoms with Crippen molar-refractivity contribution in [3.63, 3.8) is 0 Å². The first-order chi connectivity index (χ1) is 8.54. The van der Waals surface area contributed by atoms with Crippen LogP contribution in [0.1, 0.15) is 38.8 Å². The van der Waals surface area contributed by atoms with Crippen LogP contribution in [0.5, 0.6) is 0 Å². The highest BCUT2D eigenvalue weighted by atomic mass is 35.5. The molecule has 1 aromatic carbocycles. The van der Waals surface area contributed by atoms with Crippen molar-refractivity contribution in [1.29, 1.82) is 0 Å². The van der Waals surface area contributed by atoms with Crippen molar-refractivity contribution in [2.75, 3.05) is 6.54 Å². The van der Waals surface area contributed by atoms with E-state index in [-0.39, 0.29) is 18.0 Å². The number of rotatable bonds is 6. The fourth-order valence-electron chi connectivity index (χ4n) is 1.70. The van der Waals surface area contributed by atoms with E-state index in [0.29, 0.717) is 0 Å². The Morgan fingerprint density at radius 3 is 2.44 bits per heavy atom. The normalized spacial score (nSPS) is 14.0. The van der Waals surface area contributed by atoms with Gasteiger partial charge >= 0.3 is 0 Å². The molecule has 0 saturated carbocycles. The van der Waals surface area contributed by atoms with E-state index >= 15 is 0 Å². The minimum absolute atomic E-state index is 0.0395. The van der Waals surface area contributed by atoms with Gasteiger partial charge in [-0.05, 0) is 38.0 Å². The zero-order valence-corrected chi connectivity index (χ0v) is 11.9. The van der Waals surface area contributed by atoms with Crippen molar-refractivity contribution in [2.24, 2.45) is 0 Å². The molecule has 2 unspecified atom stereocenters. The molecular formula is C14H21ClN2O. The number of hydrogen-bond donors (Lipinski definition) is 2. The van der Waals surface area contributed by atoms with Crippen molar-refractivity contribution in [1.82, 2.24) is 10.6 Å². The molecule has 0 radical (unpaired) electrons. The molecule has 0 saturated heterocycles. The van der Waals surface area contributed by atoms with Crippen molar-refractivity contribution >= 4 is 17.5 Å². The summed E-state index contributed by atoms with van der Waals surface area (Å²) in [5.74, 6) is 0.0395. The highest BCUT2D eigenvalue weighted by Gasteiger charge is 2.15. The van der Waals surface area contributed by atoms with E-state index in [0.717, 1.165) is 23.6 Å². The first-order valence-corrected chi connectivity index (χ1v) is 6.71. The van der Waals surface area contributed by atoms with Gasteiger partial charge in [-0.25, -0.2) is 0 Å². The second kappa shape index (κ2) is 7.39. The monoisotopic (exact) mass is 268 g/mol. The van der Waals surface area contributed by atoms with Crippen LogP contribution >= 0.6 is 11.6 Å². The molecule has 4 heteroatoms. The molecule has 0 fully saturated rings. The molecule has 0 aliphatic rings. The van der Waals surface area contributed by atoms with E-state index in [9.17, 15) is 4.79 Å². The molecule has 1 rings (SSSR count). The summed E-state index contributed by atoms with van der Waals surface area (Å²) in [7, 11) is 0. The minimum atomic E-state index is -0.206. The average Bonchev–Trinajstić information content (AvgIpc) is 2.36. The van der Waals surface area contributed by atoms with Crippen LogP contribution in [0, 0.1) is 0 Å². The summed E-state index contributed by atoms with van der Waals surface area (Å²) in [5, 5.41) is 6.87. The fraction of sp³-hybridized carbons (Fsp3) is 0.500. The summed E-state index contributed by atoms with van der Waals surface area (Å²) in [6, 6.07) is 7.56. The second-order valence-corrected chi connectivity index (χ2v) is 4.89. The molecular weight excluding hydrogens is 248 g/mol. The number of nitrogens with one attached hydrogen (secondary N) is 2. The zero-order valence-electron chi connectivity index (χ0n) is 11.2. The number of carbonyl (C=O) groups is 1. The van der Waals surface area contributed by atoms with Gasteiger partial charge in [-0.3, -0.25) is 10.1 Å². The summed E-state index contributed by atoms with van der Waals surface area (Å²) < 4.78 is 0. The molecule has 0 spiro atoms. The van der Waals surface area contributed by atoms with E-state index in [1.165, 1.54) is 0 Å². The highest BCUT2D eigenvalue weighted by Crippen LogP contribution is 2.16. The van der Waals surface area contributed by atoms with Gasteiger partial charge < -0.3 is 5.32 Å². The van der Waals surface area contributed by atoms with E-state index in [4.69, 9.17) is 11.6 Å². The van der Waals surface area contributed by atoms with Gasteiger partial charge in [-0.15, -0.1) is 0 Å². The third-order valence-electron chi connectivity index (χ3n) is 2.81. The fourth-order valence-corrected chi connectivity index (χ4v) is 1.83. The van der Waals surface area contributed by atoms with Gasteiger partial charge in [0.25, 0.3) is 0 Å². The number of carbonyl (C=O) groups excluding carboxylic acids is 1. The number of hydrogen-bond acceptors (Lipinski definition) is 2. The molecule has 2 N–H and O–H groups in total. The van der Waals surface area contributed by atoms with Gasteiger partial charge in [0.2, 0.25) is 5.91 Å². The van der Waals surface area contributed by atoms with Gasteiger partial charge in [0, 0.05) is 17.6 Å². The summed E-state index contributed by atoms with van der Waals surface area (Å²) in [6.45, 7) is 6.67. The third-order valence-corrected chi connectivity index (χ3v) is 3.06. The summed E-state index contributed by atoms with van der Waals surface area (Å²) >= 11 is 5.85. The predicted molar refractivity (Wildman–Crippen MR) is 75.8 cm³/mol. The van der Waals surface area contributed by atoms with Gasteiger partial charge in [0.15, 0.2) is 0 Å². The van der Waals surface area contributed by atoms with Gasteiger partial charge in [-0.1, -0.05) is 30.7 Å². The number of benzene rings is 1. The van der Waals surface area contributed by atoms with E-state index in [2.05, 4.69) is 10.6 Å². The molecule has 1 aromatic rings. The highest BCUT2D eigenvalue weighted by molar-refractivity contribution is 6.30. The Labute approximate surface area is 114 Å². The Kier molecular flexibility index (Phi) is 6.16. The summed E-state index contributed by atoms with van der Waals surface area (Å²) in [4.78, 5) is 11.7. The Hall–Kier alpha value is -1.06. The number of amides is 1. The first kappa shape index (κ1) is 15.0. The van der Waals surface area contributed by atoms with Gasteiger partial charge in [-0.2, -0.15) is 0 Å². The Morgan fingerprint density at radius 1 is 1.28 bits per heavy atom. The van der Waals surface area contributed by atoms with Crippen LogP contribution < -0.4 is 10.6 Å². The predicted octanol–water partition coefficient (Wildman–Crippen LogP) is 2.91. The molecule has 3 nitrogen and oxygen atoms in total. The van der Waals surface area contributed by atoms with Crippen LogP contribution in [0.25, 0.3) is 0 Å². The van der Waals surface area contributed by atoms with Crippen LogP contribution in [0.3, 0.4) is 0 Å². The average molecular weight is 269 g/mol. The summed E-state index contributed by atoms with van der Waals surface area (Å²) in [5.41, 5.74) is 1.12. The van der Waals surface area contributed by atoms with Crippen LogP contribution in [0.2, 0.25) is 5.02 Å². The molecule has 100 valence electrons. The molecule has 18 heavy (non-hydrogen) atoms. The van der Waals surface area contributed by atoms with E-state index in [1.54, 1.807) is 0 Å². The van der Waals surface area contributed by atoms with E-state index < -0.39 is 0 Å². The van der Waals surface area contributed by atoms with Crippen molar-refractivity contribution in [2.45, 2.75) is 39.3 Å². The molecule has 0 aliphatic heterocycles. The molecule has 1 amide bonds. The van der Waals surface area contributed by atoms with Crippen LogP contribution in [0.4, 0.5) is 0 Å². The van der Waals surface area contributed by atoms with Gasteiger partial charge in [0.1, 0.15) is 0 Å². The Bertz CT molecular complexity index is 378. The smallest absolute Gasteiger partial charge is 0.236 e. The summed E-state index contributed by atoms with van der Waals surface area (Å²) in [6.07, 6.45) is 0.950. The molecule has 0 heterocycles. The zero-order chi connectivity index (χ0) is 13.5. The Morgan fingerprint density at radius 2 is 1.89 bits per heavy atom. The maximum Gasteiger partial charge on any atom is 0.236 e. The van der Waals surface area contributed by atoms with Gasteiger partial charge in [0.05, 0.1) is 6.04 Å². The lowest BCUT2D eigenvalue weighted by molar-refractivity contribution is -0.122. The minimum Gasteiger partial charge on any atom is -0.355 e. The molecule has 0 aromatic heterocycles. The maximum atomic E-state index is 11.7. The Balaban J connectivity index is 2.50. The maximum absolute atomic E-state index is 11.7. The lowest BCUT2D eigenvalue weighted by atomic mass is 10.1. The van der Waals surface area contributed by atoms with Crippen LogP contribution in [0.15, 0.2) is 24.3 Å². The largest absolute Gasteiger partial charge is 0.355 e. The van der Waals surface area contributed by atoms with Crippen LogP contribution in [-0.2, 0) is 4.79 Å². The van der Waals surface area contributed by atoms with Crippen molar-refractivity contribution in [3.8, 4) is 0 Å². The van der Waals surface area contributed by atoms with Crippen molar-refractivity contribution < 1.29 is 4.79 Å². The standard InChI is InChI=1S/C14H21ClN2O/c1-4-9-16-14(18)11(3)17-10(2)12-5-7-13(15)8-6-12/h5-8,10-11,17H,4,9H2,1-3H3,(H,16,18). The van der Waals surface area contributed by atoms with Crippen LogP contribution in [-0.4, -0.2) is 18.5 Å². The molecule has 2 atom stereocenters. The van der Waals surface area contributed by atoms with E-state index in [1.807, 2.05) is 45.0 Å². The SMILES string of the molecule is CCCNC(=O)C(C)NC(C)c1ccc(Cl)cc1. The number of halogens is 1. The lowest BCUT2D eigenvalue weighted by Gasteiger charge is -2.20. The second-order valence-electron chi connectivity index (χ2n) is 4.45. The third kappa shape index (κ3) is 4.67. The molecule has 0 bridgehead atoms. The first-order valence-electron chi connectivity index (χ1n) is 6.33. The quantitative estimate of drug-likeness (QED) is 0.833. The topological polar surface area (TPSA) is 41.1 Å². The lowest BCUT2D eigenvalue weighted by Crippen LogP contribution is -2.43.